The number of ether oxygens (including phenoxy) is 1. The minimum Gasteiger partial charge on any atom is -0.482 e. The predicted octanol–water partition coefficient (Wildman–Crippen LogP) is 4.05. The van der Waals surface area contributed by atoms with E-state index in [9.17, 15) is 4.79 Å². The Bertz CT molecular complexity index is 1160. The zero-order chi connectivity index (χ0) is 20.4. The highest BCUT2D eigenvalue weighted by molar-refractivity contribution is 7.07. The van der Waals surface area contributed by atoms with Gasteiger partial charge in [-0.25, -0.2) is 4.68 Å². The van der Waals surface area contributed by atoms with Crippen LogP contribution in [0.2, 0.25) is 0 Å². The summed E-state index contributed by atoms with van der Waals surface area (Å²) in [5, 5.41) is 9.77. The minimum atomic E-state index is -0.150. The van der Waals surface area contributed by atoms with Crippen LogP contribution in [0.1, 0.15) is 25.0 Å². The highest BCUT2D eigenvalue weighted by Gasteiger charge is 2.18. The van der Waals surface area contributed by atoms with Gasteiger partial charge in [-0.2, -0.15) is 5.10 Å². The number of aryl methyl sites for hydroxylation is 1. The second kappa shape index (κ2) is 8.05. The molecule has 0 unspecified atom stereocenters. The van der Waals surface area contributed by atoms with Crippen LogP contribution < -0.4 is 14.9 Å². The van der Waals surface area contributed by atoms with E-state index in [4.69, 9.17) is 9.84 Å². The van der Waals surface area contributed by atoms with Crippen molar-refractivity contribution in [1.29, 1.82) is 0 Å². The summed E-state index contributed by atoms with van der Waals surface area (Å²) in [7, 11) is 0. The van der Waals surface area contributed by atoms with Crippen LogP contribution in [-0.2, 0) is 4.79 Å². The lowest BCUT2D eigenvalue weighted by atomic mass is 10.1. The first-order valence-electron chi connectivity index (χ1n) is 9.46. The fourth-order valence-corrected chi connectivity index (χ4v) is 3.98. The molecule has 0 spiro atoms. The molecule has 0 saturated heterocycles. The van der Waals surface area contributed by atoms with Gasteiger partial charge in [0.05, 0.1) is 17.1 Å². The summed E-state index contributed by atoms with van der Waals surface area (Å²) in [5.74, 6) is 0.524. The highest BCUT2D eigenvalue weighted by atomic mass is 32.1. The Kier molecular flexibility index (Phi) is 5.31. The number of carbonyl (C=O) groups is 1. The maximum Gasteiger partial charge on any atom is 0.262 e. The molecule has 148 valence electrons. The third-order valence-corrected chi connectivity index (χ3v) is 5.46. The van der Waals surface area contributed by atoms with Gasteiger partial charge in [0.2, 0.25) is 4.80 Å². The average molecular weight is 407 g/mol. The molecule has 7 heteroatoms. The summed E-state index contributed by atoms with van der Waals surface area (Å²) < 4.78 is 7.34. The summed E-state index contributed by atoms with van der Waals surface area (Å²) in [4.78, 5) is 17.1. The van der Waals surface area contributed by atoms with E-state index >= 15 is 0 Å². The summed E-state index contributed by atoms with van der Waals surface area (Å²) in [6, 6.07) is 14.1. The third kappa shape index (κ3) is 4.00. The zero-order valence-corrected chi connectivity index (χ0v) is 17.4. The van der Waals surface area contributed by atoms with Crippen LogP contribution in [0.15, 0.2) is 57.9 Å². The molecule has 2 aromatic carbocycles. The average Bonchev–Trinajstić information content (AvgIpc) is 3.10. The number of amides is 1. The maximum absolute atomic E-state index is 11.7. The number of hydrogen-bond acceptors (Lipinski definition) is 5. The normalized spacial score (nSPS) is 14.4. The van der Waals surface area contributed by atoms with Crippen molar-refractivity contribution in [2.24, 2.45) is 10.1 Å². The number of rotatable bonds is 4. The molecule has 0 aliphatic carbocycles. The Hall–Kier alpha value is -3.19. The van der Waals surface area contributed by atoms with Crippen molar-refractivity contribution in [3.05, 3.63) is 63.8 Å². The van der Waals surface area contributed by atoms with Crippen molar-refractivity contribution in [2.75, 3.05) is 18.5 Å². The minimum absolute atomic E-state index is 0.0460. The van der Waals surface area contributed by atoms with E-state index in [1.807, 2.05) is 42.1 Å². The number of fused-ring (bicyclic) bond motifs is 1. The molecular weight excluding hydrogens is 384 g/mol. The quantitative estimate of drug-likeness (QED) is 0.664. The molecule has 29 heavy (non-hydrogen) atoms. The maximum atomic E-state index is 11.7. The van der Waals surface area contributed by atoms with Gasteiger partial charge in [-0.05, 0) is 44.5 Å². The van der Waals surface area contributed by atoms with E-state index in [1.54, 1.807) is 11.3 Å². The molecule has 0 atom stereocenters. The Balaban J connectivity index is 1.81. The molecule has 1 amide bonds. The van der Waals surface area contributed by atoms with Gasteiger partial charge in [0.25, 0.3) is 5.91 Å². The number of anilines is 1. The van der Waals surface area contributed by atoms with Crippen LogP contribution in [0, 0.1) is 6.92 Å². The third-order valence-electron chi connectivity index (χ3n) is 4.61. The second-order valence-corrected chi connectivity index (χ2v) is 7.63. The van der Waals surface area contributed by atoms with Gasteiger partial charge < -0.3 is 10.1 Å². The lowest BCUT2D eigenvalue weighted by molar-refractivity contribution is -0.118. The smallest absolute Gasteiger partial charge is 0.262 e. The number of nitrogens with zero attached hydrogens (tertiary/aromatic N) is 3. The molecule has 0 fully saturated rings. The van der Waals surface area contributed by atoms with Crippen molar-refractivity contribution >= 4 is 28.6 Å². The molecule has 0 bridgehead atoms. The number of carbonyl (C=O) groups excluding carboxylic acids is 1. The first-order valence-corrected chi connectivity index (χ1v) is 10.3. The van der Waals surface area contributed by atoms with Crippen LogP contribution >= 0.6 is 11.3 Å². The molecule has 1 N–H and O–H groups in total. The highest BCUT2D eigenvalue weighted by Crippen LogP contribution is 2.33. The van der Waals surface area contributed by atoms with Gasteiger partial charge in [0.1, 0.15) is 5.75 Å². The zero-order valence-electron chi connectivity index (χ0n) is 16.6. The fourth-order valence-electron chi connectivity index (χ4n) is 3.08. The van der Waals surface area contributed by atoms with Gasteiger partial charge in [0, 0.05) is 17.5 Å². The van der Waals surface area contributed by atoms with E-state index in [0.29, 0.717) is 18.0 Å². The van der Waals surface area contributed by atoms with Crippen LogP contribution in [0.3, 0.4) is 0 Å². The number of hydrogen-bond donors (Lipinski definition) is 1. The molecular formula is C22H22N4O2S. The number of aromatic nitrogens is 1. The Morgan fingerprint density at radius 3 is 2.79 bits per heavy atom. The molecule has 6 nitrogen and oxygen atoms in total. The Labute approximate surface area is 173 Å². The molecule has 1 aromatic heterocycles. The van der Waals surface area contributed by atoms with E-state index < -0.39 is 0 Å². The van der Waals surface area contributed by atoms with E-state index in [0.717, 1.165) is 27.3 Å². The van der Waals surface area contributed by atoms with E-state index in [2.05, 4.69) is 41.5 Å². The molecule has 4 rings (SSSR count). The van der Waals surface area contributed by atoms with Crippen molar-refractivity contribution in [2.45, 2.75) is 20.8 Å². The van der Waals surface area contributed by atoms with Crippen molar-refractivity contribution in [3.8, 4) is 17.0 Å². The van der Waals surface area contributed by atoms with Gasteiger partial charge in [-0.15, -0.1) is 11.3 Å². The fraction of sp³-hybridized carbons (Fsp3) is 0.227. The van der Waals surface area contributed by atoms with Gasteiger partial charge in [-0.1, -0.05) is 29.8 Å². The van der Waals surface area contributed by atoms with Crippen LogP contribution in [0.25, 0.3) is 11.3 Å². The first kappa shape index (κ1) is 19.1. The number of thiazole rings is 1. The van der Waals surface area contributed by atoms with Crippen molar-refractivity contribution in [1.82, 2.24) is 4.68 Å². The topological polar surface area (TPSA) is 68.0 Å². The molecule has 0 radical (unpaired) electrons. The largest absolute Gasteiger partial charge is 0.482 e. The SMILES string of the molecule is CCN=c1scc(-c2ccc3c(c2)NC(=O)CO3)n1N=C(C)c1ccc(C)cc1. The van der Waals surface area contributed by atoms with Crippen LogP contribution in [0.4, 0.5) is 5.69 Å². The van der Waals surface area contributed by atoms with Crippen LogP contribution in [-0.4, -0.2) is 29.4 Å². The molecule has 2 heterocycles. The summed E-state index contributed by atoms with van der Waals surface area (Å²) >= 11 is 1.54. The van der Waals surface area contributed by atoms with E-state index in [-0.39, 0.29) is 12.5 Å². The molecule has 3 aromatic rings. The summed E-state index contributed by atoms with van der Waals surface area (Å²) in [6.07, 6.45) is 0. The van der Waals surface area contributed by atoms with Crippen molar-refractivity contribution in [3.63, 3.8) is 0 Å². The van der Waals surface area contributed by atoms with Crippen molar-refractivity contribution < 1.29 is 9.53 Å². The molecule has 1 aliphatic rings. The molecule has 1 aliphatic heterocycles. The number of nitrogens with one attached hydrogen (secondary N) is 1. The first-order chi connectivity index (χ1) is 14.0. The van der Waals surface area contributed by atoms with Gasteiger partial charge >= 0.3 is 0 Å². The Morgan fingerprint density at radius 1 is 1.24 bits per heavy atom. The predicted molar refractivity (Wildman–Crippen MR) is 117 cm³/mol. The number of benzene rings is 2. The summed E-state index contributed by atoms with van der Waals surface area (Å²) in [5.41, 5.74) is 5.70. The summed E-state index contributed by atoms with van der Waals surface area (Å²) in [6.45, 7) is 6.79. The van der Waals surface area contributed by atoms with Crippen LogP contribution in [0.5, 0.6) is 5.75 Å². The molecule has 0 saturated carbocycles. The lowest BCUT2D eigenvalue weighted by Gasteiger charge is -2.18. The van der Waals surface area contributed by atoms with Gasteiger partial charge in [-0.3, -0.25) is 9.79 Å². The van der Waals surface area contributed by atoms with E-state index in [1.165, 1.54) is 5.56 Å². The Morgan fingerprint density at radius 2 is 2.03 bits per heavy atom. The lowest BCUT2D eigenvalue weighted by Crippen LogP contribution is -2.25. The monoisotopic (exact) mass is 406 g/mol. The van der Waals surface area contributed by atoms with Gasteiger partial charge in [0.15, 0.2) is 6.61 Å². The second-order valence-electron chi connectivity index (χ2n) is 6.79. The standard InChI is InChI=1S/C22H22N4O2S/c1-4-23-22-26(25-15(3)16-7-5-14(2)6-8-16)19(13-29-22)17-9-10-20-18(11-17)24-21(27)12-28-20/h5-11,13H,4,12H2,1-3H3,(H,24,27).